The Labute approximate surface area is 134 Å². The molecule has 0 aromatic heterocycles. The minimum Gasteiger partial charge on any atom is -0.325 e. The second-order valence-electron chi connectivity index (χ2n) is 8.18. The first-order valence-corrected chi connectivity index (χ1v) is 9.84. The van der Waals surface area contributed by atoms with Crippen LogP contribution in [0.2, 0.25) is 0 Å². The molecule has 1 heteroatoms. The molecular weight excluding hydrogens is 254 g/mol. The number of nitrogens with two attached hydrogens (primary N) is 1. The van der Waals surface area contributed by atoms with Crippen molar-refractivity contribution < 1.29 is 0 Å². The van der Waals surface area contributed by atoms with Crippen molar-refractivity contribution in [3.63, 3.8) is 0 Å². The predicted octanol–water partition coefficient (Wildman–Crippen LogP) is 6.45. The topological polar surface area (TPSA) is 26.0 Å². The van der Waals surface area contributed by atoms with Crippen molar-refractivity contribution >= 4 is 0 Å². The standard InChI is InChI=1S/C20H41N/c1-4-5-6-7-8-9-10-11-14-20(21)15-12-13-19(17-20)16-18(2)3/h18-19H,4-17,21H2,1-3H3. The van der Waals surface area contributed by atoms with E-state index in [1.165, 1.54) is 89.9 Å². The van der Waals surface area contributed by atoms with Gasteiger partial charge < -0.3 is 5.73 Å². The summed E-state index contributed by atoms with van der Waals surface area (Å²) in [5.41, 5.74) is 6.89. The molecule has 2 atom stereocenters. The van der Waals surface area contributed by atoms with Gasteiger partial charge in [0.2, 0.25) is 0 Å². The molecule has 1 rings (SSSR count). The summed E-state index contributed by atoms with van der Waals surface area (Å²) >= 11 is 0. The Balaban J connectivity index is 2.09. The first-order valence-electron chi connectivity index (χ1n) is 9.84. The monoisotopic (exact) mass is 295 g/mol. The first kappa shape index (κ1) is 19.0. The lowest BCUT2D eigenvalue weighted by atomic mass is 9.71. The highest BCUT2D eigenvalue weighted by Crippen LogP contribution is 2.37. The van der Waals surface area contributed by atoms with Gasteiger partial charge in [-0.25, -0.2) is 0 Å². The smallest absolute Gasteiger partial charge is 0.0157 e. The van der Waals surface area contributed by atoms with Crippen molar-refractivity contribution in [1.82, 2.24) is 0 Å². The Bertz CT molecular complexity index is 248. The van der Waals surface area contributed by atoms with E-state index in [2.05, 4.69) is 20.8 Å². The van der Waals surface area contributed by atoms with Crippen LogP contribution in [0.15, 0.2) is 0 Å². The average molecular weight is 296 g/mol. The van der Waals surface area contributed by atoms with Crippen molar-refractivity contribution in [1.29, 1.82) is 0 Å². The van der Waals surface area contributed by atoms with E-state index in [9.17, 15) is 0 Å². The number of unbranched alkanes of at least 4 members (excludes halogenated alkanes) is 7. The van der Waals surface area contributed by atoms with Crippen LogP contribution in [0, 0.1) is 11.8 Å². The molecule has 1 saturated carbocycles. The normalized spacial score (nSPS) is 26.4. The number of hydrogen-bond donors (Lipinski definition) is 1. The van der Waals surface area contributed by atoms with Crippen LogP contribution in [0.25, 0.3) is 0 Å². The van der Waals surface area contributed by atoms with Crippen LogP contribution >= 0.6 is 0 Å². The summed E-state index contributed by atoms with van der Waals surface area (Å²) in [6.45, 7) is 6.99. The maximum Gasteiger partial charge on any atom is 0.0157 e. The van der Waals surface area contributed by atoms with Gasteiger partial charge in [-0.2, -0.15) is 0 Å². The van der Waals surface area contributed by atoms with Gasteiger partial charge in [-0.3, -0.25) is 0 Å². The molecule has 0 aromatic carbocycles. The van der Waals surface area contributed by atoms with Gasteiger partial charge in [-0.1, -0.05) is 85.0 Å². The fourth-order valence-corrected chi connectivity index (χ4v) is 4.23. The molecular formula is C20H41N. The Hall–Kier alpha value is -0.0400. The van der Waals surface area contributed by atoms with E-state index in [0.717, 1.165) is 11.8 Å². The van der Waals surface area contributed by atoms with Gasteiger partial charge in [0, 0.05) is 5.54 Å². The third-order valence-electron chi connectivity index (χ3n) is 5.32. The number of rotatable bonds is 11. The Morgan fingerprint density at radius 1 is 1.00 bits per heavy atom. The van der Waals surface area contributed by atoms with Crippen molar-refractivity contribution in [3.8, 4) is 0 Å². The van der Waals surface area contributed by atoms with E-state index in [0.29, 0.717) is 0 Å². The molecule has 2 N–H and O–H groups in total. The van der Waals surface area contributed by atoms with Crippen LogP contribution in [0.1, 0.15) is 111 Å². The van der Waals surface area contributed by atoms with Gasteiger partial charge in [0.1, 0.15) is 0 Å². The SMILES string of the molecule is CCCCCCCCCCC1(N)CCCC(CC(C)C)C1. The summed E-state index contributed by atoms with van der Waals surface area (Å²) in [6.07, 6.45) is 19.3. The maximum atomic E-state index is 6.71. The zero-order valence-corrected chi connectivity index (χ0v) is 15.1. The summed E-state index contributed by atoms with van der Waals surface area (Å²) in [5.74, 6) is 1.73. The van der Waals surface area contributed by atoms with Crippen LogP contribution in [0.4, 0.5) is 0 Å². The van der Waals surface area contributed by atoms with Gasteiger partial charge in [0.25, 0.3) is 0 Å². The summed E-state index contributed by atoms with van der Waals surface area (Å²) < 4.78 is 0. The Morgan fingerprint density at radius 3 is 2.24 bits per heavy atom. The van der Waals surface area contributed by atoms with Crippen molar-refractivity contribution in [2.24, 2.45) is 17.6 Å². The largest absolute Gasteiger partial charge is 0.325 e. The second-order valence-corrected chi connectivity index (χ2v) is 8.18. The molecule has 0 heterocycles. The van der Waals surface area contributed by atoms with Crippen LogP contribution in [0.5, 0.6) is 0 Å². The highest BCUT2D eigenvalue weighted by Gasteiger charge is 2.32. The third kappa shape index (κ3) is 8.86. The predicted molar refractivity (Wildman–Crippen MR) is 95.6 cm³/mol. The zero-order valence-electron chi connectivity index (χ0n) is 15.1. The minimum absolute atomic E-state index is 0.181. The van der Waals surface area contributed by atoms with Crippen molar-refractivity contribution in [2.75, 3.05) is 0 Å². The number of hydrogen-bond acceptors (Lipinski definition) is 1. The summed E-state index contributed by atoms with van der Waals surface area (Å²) in [4.78, 5) is 0. The quantitative estimate of drug-likeness (QED) is 0.435. The van der Waals surface area contributed by atoms with E-state index < -0.39 is 0 Å². The molecule has 0 aliphatic heterocycles. The summed E-state index contributed by atoms with van der Waals surface area (Å²) in [6, 6.07) is 0. The van der Waals surface area contributed by atoms with E-state index in [-0.39, 0.29) is 5.54 Å². The molecule has 1 aliphatic rings. The molecule has 0 amide bonds. The summed E-state index contributed by atoms with van der Waals surface area (Å²) in [5, 5.41) is 0. The molecule has 0 spiro atoms. The first-order chi connectivity index (χ1) is 10.1. The average Bonchev–Trinajstić information content (AvgIpc) is 2.41. The molecule has 0 aromatic rings. The molecule has 1 nitrogen and oxygen atoms in total. The van der Waals surface area contributed by atoms with Gasteiger partial charge in [-0.05, 0) is 37.5 Å². The Kier molecular flexibility index (Phi) is 9.64. The van der Waals surface area contributed by atoms with E-state index >= 15 is 0 Å². The Morgan fingerprint density at radius 2 is 1.62 bits per heavy atom. The summed E-state index contributed by atoms with van der Waals surface area (Å²) in [7, 11) is 0. The van der Waals surface area contributed by atoms with Gasteiger partial charge in [0.15, 0.2) is 0 Å². The van der Waals surface area contributed by atoms with Crippen LogP contribution in [0.3, 0.4) is 0 Å². The molecule has 1 fully saturated rings. The highest BCUT2D eigenvalue weighted by atomic mass is 14.7. The van der Waals surface area contributed by atoms with E-state index in [4.69, 9.17) is 5.73 Å². The highest BCUT2D eigenvalue weighted by molar-refractivity contribution is 4.90. The van der Waals surface area contributed by atoms with E-state index in [1.54, 1.807) is 0 Å². The lowest BCUT2D eigenvalue weighted by Gasteiger charge is -2.39. The second kappa shape index (κ2) is 10.6. The lowest BCUT2D eigenvalue weighted by molar-refractivity contribution is 0.188. The van der Waals surface area contributed by atoms with Gasteiger partial charge in [-0.15, -0.1) is 0 Å². The van der Waals surface area contributed by atoms with Crippen molar-refractivity contribution in [3.05, 3.63) is 0 Å². The molecule has 126 valence electrons. The van der Waals surface area contributed by atoms with Crippen LogP contribution in [-0.2, 0) is 0 Å². The van der Waals surface area contributed by atoms with Gasteiger partial charge in [0.05, 0.1) is 0 Å². The van der Waals surface area contributed by atoms with Crippen LogP contribution < -0.4 is 5.73 Å². The molecule has 1 aliphatic carbocycles. The van der Waals surface area contributed by atoms with Crippen LogP contribution in [-0.4, -0.2) is 5.54 Å². The zero-order chi connectivity index (χ0) is 15.6. The maximum absolute atomic E-state index is 6.71. The minimum atomic E-state index is 0.181. The third-order valence-corrected chi connectivity index (χ3v) is 5.32. The fourth-order valence-electron chi connectivity index (χ4n) is 4.23. The van der Waals surface area contributed by atoms with Crippen molar-refractivity contribution in [2.45, 2.75) is 116 Å². The molecule has 21 heavy (non-hydrogen) atoms. The van der Waals surface area contributed by atoms with Gasteiger partial charge >= 0.3 is 0 Å². The lowest BCUT2D eigenvalue weighted by Crippen LogP contribution is -2.44. The fraction of sp³-hybridized carbons (Fsp3) is 1.00. The van der Waals surface area contributed by atoms with E-state index in [1.807, 2.05) is 0 Å². The molecule has 0 radical (unpaired) electrons. The molecule has 2 unspecified atom stereocenters. The molecule has 0 saturated heterocycles. The molecule has 0 bridgehead atoms.